The van der Waals surface area contributed by atoms with Crippen LogP contribution in [-0.4, -0.2) is 43.2 Å². The van der Waals surface area contributed by atoms with Gasteiger partial charge in [0.2, 0.25) is 11.9 Å². The van der Waals surface area contributed by atoms with Gasteiger partial charge in [-0.25, -0.2) is 4.98 Å². The van der Waals surface area contributed by atoms with E-state index in [1.165, 1.54) is 16.6 Å². The number of primary amides is 1. The number of carbonyl (C=O) groups is 1. The van der Waals surface area contributed by atoms with Crippen molar-refractivity contribution in [3.63, 3.8) is 0 Å². The highest BCUT2D eigenvalue weighted by Crippen LogP contribution is 2.28. The number of nitrogens with one attached hydrogen (secondary N) is 2. The lowest BCUT2D eigenvalue weighted by Gasteiger charge is -2.20. The molecule has 154 valence electrons. The molecule has 0 spiro atoms. The van der Waals surface area contributed by atoms with Crippen LogP contribution in [-0.2, 0) is 4.79 Å². The topological polar surface area (TPSA) is 147 Å². The van der Waals surface area contributed by atoms with E-state index in [0.717, 1.165) is 5.69 Å². The second-order valence-corrected chi connectivity index (χ2v) is 7.45. The van der Waals surface area contributed by atoms with Crippen LogP contribution in [0.4, 0.5) is 17.5 Å². The van der Waals surface area contributed by atoms with Crippen molar-refractivity contribution in [2.24, 2.45) is 11.7 Å². The number of nitrogens with zero attached hydrogens (tertiary/aromatic N) is 6. The van der Waals surface area contributed by atoms with Crippen LogP contribution >= 0.6 is 11.8 Å². The summed E-state index contributed by atoms with van der Waals surface area (Å²) in [6.07, 6.45) is 4.99. The number of nitriles is 1. The van der Waals surface area contributed by atoms with Gasteiger partial charge in [-0.2, -0.15) is 25.2 Å². The Morgan fingerprint density at radius 1 is 1.27 bits per heavy atom. The fraction of sp³-hybridized carbons (Fsp3) is 0.263. The molecular formula is C19H21N9OS. The van der Waals surface area contributed by atoms with Crippen LogP contribution in [0.2, 0.25) is 0 Å². The molecule has 4 N–H and O–H groups in total. The van der Waals surface area contributed by atoms with Gasteiger partial charge in [0, 0.05) is 5.69 Å². The largest absolute Gasteiger partial charge is 0.368 e. The molecule has 1 aromatic carbocycles. The predicted octanol–water partition coefficient (Wildman–Crippen LogP) is 2.32. The van der Waals surface area contributed by atoms with E-state index in [1.54, 1.807) is 12.4 Å². The van der Waals surface area contributed by atoms with E-state index in [2.05, 4.69) is 36.9 Å². The summed E-state index contributed by atoms with van der Waals surface area (Å²) in [5.74, 6) is -0.0353. The lowest BCUT2D eigenvalue weighted by molar-refractivity contribution is -0.119. The van der Waals surface area contributed by atoms with Gasteiger partial charge < -0.3 is 16.4 Å². The molecule has 1 atom stereocenters. The number of rotatable bonds is 8. The molecule has 0 saturated carbocycles. The van der Waals surface area contributed by atoms with E-state index in [-0.39, 0.29) is 11.9 Å². The second-order valence-electron chi connectivity index (χ2n) is 6.65. The molecule has 0 bridgehead atoms. The van der Waals surface area contributed by atoms with Gasteiger partial charge in [0.25, 0.3) is 0 Å². The maximum Gasteiger partial charge on any atom is 0.240 e. The number of thioether (sulfide) groups is 1. The molecule has 0 saturated heterocycles. The molecule has 30 heavy (non-hydrogen) atoms. The number of carbonyl (C=O) groups excluding carboxylic acids is 1. The Morgan fingerprint density at radius 2 is 2.00 bits per heavy atom. The summed E-state index contributed by atoms with van der Waals surface area (Å²) in [4.78, 5) is 22.1. The van der Waals surface area contributed by atoms with Crippen LogP contribution in [0.15, 0.2) is 41.7 Å². The molecule has 3 rings (SSSR count). The third-order valence-corrected chi connectivity index (χ3v) is 4.88. The molecule has 0 fully saturated rings. The average Bonchev–Trinajstić information content (AvgIpc) is 3.26. The second kappa shape index (κ2) is 9.23. The molecule has 3 aromatic rings. The summed E-state index contributed by atoms with van der Waals surface area (Å²) >= 11 is 1.31. The minimum absolute atomic E-state index is 0.0610. The highest BCUT2D eigenvalue weighted by molar-refractivity contribution is 7.98. The van der Waals surface area contributed by atoms with Gasteiger partial charge in [-0.1, -0.05) is 19.9 Å². The first-order chi connectivity index (χ1) is 14.4. The average molecular weight is 424 g/mol. The van der Waals surface area contributed by atoms with E-state index >= 15 is 0 Å². The number of hydrogen-bond donors (Lipinski definition) is 3. The van der Waals surface area contributed by atoms with Crippen molar-refractivity contribution >= 4 is 35.1 Å². The Hall–Kier alpha value is -3.65. The third kappa shape index (κ3) is 4.66. The van der Waals surface area contributed by atoms with Crippen molar-refractivity contribution in [1.29, 1.82) is 5.26 Å². The van der Waals surface area contributed by atoms with Crippen molar-refractivity contribution in [3.05, 3.63) is 42.2 Å². The SMILES string of the molecule is CSc1nc(N[C@@H](C(N)=O)C(C)C)nc(Nc2cccc(-n3nccn3)c2)c1C#N. The maximum atomic E-state index is 11.8. The lowest BCUT2D eigenvalue weighted by atomic mass is 10.0. The Labute approximate surface area is 177 Å². The molecule has 0 aliphatic carbocycles. The normalized spacial score (nSPS) is 11.7. The van der Waals surface area contributed by atoms with Gasteiger partial charge in [-0.05, 0) is 30.4 Å². The first kappa shape index (κ1) is 21.1. The van der Waals surface area contributed by atoms with Crippen LogP contribution in [0, 0.1) is 17.2 Å². The number of amides is 1. The van der Waals surface area contributed by atoms with Gasteiger partial charge in [-0.15, -0.1) is 11.8 Å². The maximum absolute atomic E-state index is 11.8. The van der Waals surface area contributed by atoms with E-state index < -0.39 is 11.9 Å². The van der Waals surface area contributed by atoms with Gasteiger partial charge >= 0.3 is 0 Å². The standard InChI is InChI=1S/C19H21N9OS/c1-11(2)15(16(21)29)25-19-26-17(14(10-20)18(27-19)30-3)24-12-5-4-6-13(9-12)28-22-7-8-23-28/h4-9,11,15H,1-3H3,(H2,21,29)(H2,24,25,26,27)/t15-/m1/s1. The molecule has 0 aliphatic rings. The molecule has 2 heterocycles. The minimum Gasteiger partial charge on any atom is -0.368 e. The molecular weight excluding hydrogens is 402 g/mol. The Bertz CT molecular complexity index is 1080. The fourth-order valence-corrected chi connectivity index (χ4v) is 3.27. The summed E-state index contributed by atoms with van der Waals surface area (Å²) in [5.41, 5.74) is 7.23. The number of hydrogen-bond acceptors (Lipinski definition) is 9. The zero-order valence-electron chi connectivity index (χ0n) is 16.7. The lowest BCUT2D eigenvalue weighted by Crippen LogP contribution is -2.40. The van der Waals surface area contributed by atoms with Crippen LogP contribution in [0.1, 0.15) is 19.4 Å². The highest BCUT2D eigenvalue weighted by atomic mass is 32.2. The van der Waals surface area contributed by atoms with Crippen LogP contribution in [0.25, 0.3) is 5.69 Å². The van der Waals surface area contributed by atoms with Crippen LogP contribution in [0.3, 0.4) is 0 Å². The minimum atomic E-state index is -0.644. The Balaban J connectivity index is 1.98. The number of nitrogens with two attached hydrogens (primary N) is 1. The smallest absolute Gasteiger partial charge is 0.240 e. The first-order valence-electron chi connectivity index (χ1n) is 9.08. The summed E-state index contributed by atoms with van der Waals surface area (Å²) in [5, 5.41) is 24.5. The van der Waals surface area contributed by atoms with Crippen LogP contribution < -0.4 is 16.4 Å². The zero-order valence-corrected chi connectivity index (χ0v) is 17.5. The van der Waals surface area contributed by atoms with Crippen molar-refractivity contribution in [3.8, 4) is 11.8 Å². The van der Waals surface area contributed by atoms with Crippen molar-refractivity contribution < 1.29 is 4.79 Å². The third-order valence-electron chi connectivity index (χ3n) is 4.20. The van der Waals surface area contributed by atoms with Crippen molar-refractivity contribution in [1.82, 2.24) is 25.0 Å². The van der Waals surface area contributed by atoms with Crippen molar-refractivity contribution in [2.45, 2.75) is 24.9 Å². The fourth-order valence-electron chi connectivity index (χ4n) is 2.74. The molecule has 0 unspecified atom stereocenters. The molecule has 0 aliphatic heterocycles. The van der Waals surface area contributed by atoms with Gasteiger partial charge in [-0.3, -0.25) is 4.79 Å². The van der Waals surface area contributed by atoms with Gasteiger partial charge in [0.15, 0.2) is 5.82 Å². The van der Waals surface area contributed by atoms with Crippen molar-refractivity contribution in [2.75, 3.05) is 16.9 Å². The van der Waals surface area contributed by atoms with E-state index in [1.807, 2.05) is 44.4 Å². The van der Waals surface area contributed by atoms with Crippen LogP contribution in [0.5, 0.6) is 0 Å². The summed E-state index contributed by atoms with van der Waals surface area (Å²) < 4.78 is 0. The van der Waals surface area contributed by atoms with Gasteiger partial charge in [0.05, 0.1) is 18.1 Å². The molecule has 10 nitrogen and oxygen atoms in total. The monoisotopic (exact) mass is 423 g/mol. The first-order valence-corrected chi connectivity index (χ1v) is 10.3. The van der Waals surface area contributed by atoms with E-state index in [0.29, 0.717) is 22.1 Å². The van der Waals surface area contributed by atoms with E-state index in [4.69, 9.17) is 5.73 Å². The number of aromatic nitrogens is 5. The highest BCUT2D eigenvalue weighted by Gasteiger charge is 2.22. The zero-order chi connectivity index (χ0) is 21.7. The predicted molar refractivity (Wildman–Crippen MR) is 115 cm³/mol. The quantitative estimate of drug-likeness (QED) is 0.366. The molecule has 11 heteroatoms. The summed E-state index contributed by atoms with van der Waals surface area (Å²) in [7, 11) is 0. The Morgan fingerprint density at radius 3 is 2.60 bits per heavy atom. The van der Waals surface area contributed by atoms with E-state index in [9.17, 15) is 10.1 Å². The van der Waals surface area contributed by atoms with Gasteiger partial charge in [0.1, 0.15) is 22.7 Å². The summed E-state index contributed by atoms with van der Waals surface area (Å²) in [6.45, 7) is 3.74. The number of anilines is 3. The number of benzene rings is 1. The molecule has 2 aromatic heterocycles. The summed E-state index contributed by atoms with van der Waals surface area (Å²) in [6, 6.07) is 8.86. The Kier molecular flexibility index (Phi) is 6.48. The molecule has 1 amide bonds. The molecule has 0 radical (unpaired) electrons.